The Labute approximate surface area is 50.5 Å². The Morgan fingerprint density at radius 1 is 1.75 bits per heavy atom. The van der Waals surface area contributed by atoms with Crippen molar-refractivity contribution in [2.45, 2.75) is 32.7 Å². The highest BCUT2D eigenvalue weighted by Gasteiger charge is 2.00. The number of aliphatic hydroxyl groups excluding tert-OH is 1. The van der Waals surface area contributed by atoms with Gasteiger partial charge in [-0.3, -0.25) is 0 Å². The zero-order valence-electron chi connectivity index (χ0n) is 5.42. The molecule has 0 aromatic carbocycles. The molecule has 0 amide bonds. The van der Waals surface area contributed by atoms with Gasteiger partial charge in [0.1, 0.15) is 0 Å². The Hall–Kier alpha value is -0.0800. The molecule has 1 radical (unpaired) electrons. The molecular formula is C6H13O2. The number of hydrogen-bond donors (Lipinski definition) is 1. The van der Waals surface area contributed by atoms with E-state index in [-0.39, 0.29) is 6.10 Å². The highest BCUT2D eigenvalue weighted by atomic mass is 16.6. The molecule has 0 rings (SSSR count). The Morgan fingerprint density at radius 2 is 2.25 bits per heavy atom. The van der Waals surface area contributed by atoms with Crippen molar-refractivity contribution in [3.8, 4) is 0 Å². The molecule has 0 spiro atoms. The van der Waals surface area contributed by atoms with E-state index in [1.165, 1.54) is 0 Å². The van der Waals surface area contributed by atoms with E-state index in [2.05, 4.69) is 6.92 Å². The molecule has 1 N–H and O–H groups in total. The van der Waals surface area contributed by atoms with Gasteiger partial charge in [0.2, 0.25) is 0 Å². The summed E-state index contributed by atoms with van der Waals surface area (Å²) in [5, 5.41) is 8.52. The summed E-state index contributed by atoms with van der Waals surface area (Å²) >= 11 is 0. The predicted octanol–water partition coefficient (Wildman–Crippen LogP) is 0.954. The zero-order valence-corrected chi connectivity index (χ0v) is 5.42. The van der Waals surface area contributed by atoms with Gasteiger partial charge in [-0.2, -0.15) is 0 Å². The SMILES string of the molecule is [CH2]C(O)OC(C)CC. The van der Waals surface area contributed by atoms with Crippen LogP contribution in [0.3, 0.4) is 0 Å². The Bertz CT molecular complexity index is 52.5. The number of hydrogen-bond acceptors (Lipinski definition) is 2. The molecule has 0 aliphatic rings. The molecule has 2 unspecified atom stereocenters. The molecular weight excluding hydrogens is 104 g/mol. The van der Waals surface area contributed by atoms with Crippen LogP contribution < -0.4 is 0 Å². The molecule has 2 heteroatoms. The van der Waals surface area contributed by atoms with E-state index >= 15 is 0 Å². The van der Waals surface area contributed by atoms with Gasteiger partial charge in [-0.25, -0.2) is 0 Å². The highest BCUT2D eigenvalue weighted by Crippen LogP contribution is 1.97. The summed E-state index contributed by atoms with van der Waals surface area (Å²) in [6.45, 7) is 7.15. The average Bonchev–Trinajstić information content (AvgIpc) is 1.65. The normalized spacial score (nSPS) is 18.0. The summed E-state index contributed by atoms with van der Waals surface area (Å²) in [7, 11) is 0. The van der Waals surface area contributed by atoms with Crippen molar-refractivity contribution in [2.75, 3.05) is 0 Å². The summed E-state index contributed by atoms with van der Waals surface area (Å²) in [6.07, 6.45) is 0.152. The van der Waals surface area contributed by atoms with Crippen molar-refractivity contribution in [3.63, 3.8) is 0 Å². The van der Waals surface area contributed by atoms with Crippen molar-refractivity contribution < 1.29 is 9.84 Å². The maximum atomic E-state index is 8.52. The summed E-state index contributed by atoms with van der Waals surface area (Å²) in [6, 6.07) is 0. The molecule has 0 heterocycles. The van der Waals surface area contributed by atoms with Crippen molar-refractivity contribution >= 4 is 0 Å². The molecule has 2 nitrogen and oxygen atoms in total. The van der Waals surface area contributed by atoms with Gasteiger partial charge in [-0.05, 0) is 13.3 Å². The van der Waals surface area contributed by atoms with E-state index in [1.807, 2.05) is 13.8 Å². The molecule has 0 saturated heterocycles. The lowest BCUT2D eigenvalue weighted by Gasteiger charge is -2.11. The fraction of sp³-hybridized carbons (Fsp3) is 0.833. The van der Waals surface area contributed by atoms with Crippen molar-refractivity contribution in [1.29, 1.82) is 0 Å². The molecule has 0 saturated carbocycles. The largest absolute Gasteiger partial charge is 0.368 e. The quantitative estimate of drug-likeness (QED) is 0.558. The van der Waals surface area contributed by atoms with Gasteiger partial charge in [-0.15, -0.1) is 0 Å². The monoisotopic (exact) mass is 117 g/mol. The van der Waals surface area contributed by atoms with Crippen LogP contribution in [0, 0.1) is 6.92 Å². The van der Waals surface area contributed by atoms with E-state index in [0.717, 1.165) is 6.42 Å². The van der Waals surface area contributed by atoms with Gasteiger partial charge in [0.25, 0.3) is 0 Å². The van der Waals surface area contributed by atoms with E-state index in [1.54, 1.807) is 0 Å². The second-order valence-corrected chi connectivity index (χ2v) is 1.81. The Morgan fingerprint density at radius 3 is 2.38 bits per heavy atom. The fourth-order valence-corrected chi connectivity index (χ4v) is 0.364. The summed E-state index contributed by atoms with van der Waals surface area (Å²) in [4.78, 5) is 0. The molecule has 0 aliphatic carbocycles. The average molecular weight is 117 g/mol. The minimum atomic E-state index is -0.870. The zero-order chi connectivity index (χ0) is 6.57. The van der Waals surface area contributed by atoms with E-state index in [9.17, 15) is 0 Å². The lowest BCUT2D eigenvalue weighted by atomic mass is 10.3. The first-order valence-corrected chi connectivity index (χ1v) is 2.83. The third-order valence-corrected chi connectivity index (χ3v) is 0.964. The van der Waals surface area contributed by atoms with Gasteiger partial charge in [0.15, 0.2) is 6.29 Å². The molecule has 8 heavy (non-hydrogen) atoms. The van der Waals surface area contributed by atoms with E-state index in [4.69, 9.17) is 9.84 Å². The van der Waals surface area contributed by atoms with Crippen LogP contribution in [0.1, 0.15) is 20.3 Å². The van der Waals surface area contributed by atoms with Gasteiger partial charge >= 0.3 is 0 Å². The molecule has 0 fully saturated rings. The van der Waals surface area contributed by atoms with Gasteiger partial charge in [-0.1, -0.05) is 6.92 Å². The van der Waals surface area contributed by atoms with Gasteiger partial charge in [0, 0.05) is 6.92 Å². The maximum Gasteiger partial charge on any atom is 0.155 e. The lowest BCUT2D eigenvalue weighted by Crippen LogP contribution is -2.15. The van der Waals surface area contributed by atoms with Crippen LogP contribution in [0.5, 0.6) is 0 Å². The first-order chi connectivity index (χ1) is 3.66. The van der Waals surface area contributed by atoms with E-state index < -0.39 is 6.29 Å². The second-order valence-electron chi connectivity index (χ2n) is 1.81. The summed E-state index contributed by atoms with van der Waals surface area (Å²) < 4.78 is 4.84. The van der Waals surface area contributed by atoms with Crippen LogP contribution in [0.4, 0.5) is 0 Å². The fourth-order valence-electron chi connectivity index (χ4n) is 0.364. The smallest absolute Gasteiger partial charge is 0.155 e. The van der Waals surface area contributed by atoms with Crippen LogP contribution in [-0.4, -0.2) is 17.5 Å². The van der Waals surface area contributed by atoms with Crippen LogP contribution in [0.15, 0.2) is 0 Å². The maximum absolute atomic E-state index is 8.52. The second kappa shape index (κ2) is 3.87. The lowest BCUT2D eigenvalue weighted by molar-refractivity contribution is -0.101. The standard InChI is InChI=1S/C6H13O2/c1-4-5(2)8-6(3)7/h5-7H,3-4H2,1-2H3. The third-order valence-electron chi connectivity index (χ3n) is 0.964. The number of ether oxygens (including phenoxy) is 1. The summed E-state index contributed by atoms with van der Waals surface area (Å²) in [5.41, 5.74) is 0. The van der Waals surface area contributed by atoms with Crippen molar-refractivity contribution in [3.05, 3.63) is 6.92 Å². The first-order valence-electron chi connectivity index (χ1n) is 2.83. The molecule has 0 bridgehead atoms. The molecule has 49 valence electrons. The van der Waals surface area contributed by atoms with Crippen LogP contribution in [-0.2, 0) is 4.74 Å². The van der Waals surface area contributed by atoms with Gasteiger partial charge < -0.3 is 9.84 Å². The molecule has 2 atom stereocenters. The minimum Gasteiger partial charge on any atom is -0.368 e. The summed E-state index contributed by atoms with van der Waals surface area (Å²) in [5.74, 6) is 0. The van der Waals surface area contributed by atoms with Gasteiger partial charge in [0.05, 0.1) is 6.10 Å². The minimum absolute atomic E-state index is 0.113. The highest BCUT2D eigenvalue weighted by molar-refractivity contribution is 4.47. The molecule has 0 aliphatic heterocycles. The van der Waals surface area contributed by atoms with Crippen molar-refractivity contribution in [1.82, 2.24) is 0 Å². The van der Waals surface area contributed by atoms with Crippen LogP contribution in [0.25, 0.3) is 0 Å². The number of aliphatic hydroxyl groups is 1. The van der Waals surface area contributed by atoms with Crippen LogP contribution >= 0.6 is 0 Å². The van der Waals surface area contributed by atoms with Crippen LogP contribution in [0.2, 0.25) is 0 Å². The van der Waals surface area contributed by atoms with Crippen molar-refractivity contribution in [2.24, 2.45) is 0 Å². The molecule has 0 aromatic heterocycles. The first kappa shape index (κ1) is 7.92. The predicted molar refractivity (Wildman–Crippen MR) is 32.2 cm³/mol. The topological polar surface area (TPSA) is 29.5 Å². The Balaban J connectivity index is 3.10. The number of rotatable bonds is 3. The van der Waals surface area contributed by atoms with E-state index in [0.29, 0.717) is 0 Å². The molecule has 0 aromatic rings. The third kappa shape index (κ3) is 4.09. The Kier molecular flexibility index (Phi) is 3.83.